The molecule has 0 aliphatic heterocycles. The van der Waals surface area contributed by atoms with Crippen LogP contribution in [0.2, 0.25) is 0 Å². The summed E-state index contributed by atoms with van der Waals surface area (Å²) >= 11 is 0. The van der Waals surface area contributed by atoms with Crippen molar-refractivity contribution in [1.29, 1.82) is 0 Å². The fraction of sp³-hybridized carbons (Fsp3) is 0.143. The summed E-state index contributed by atoms with van der Waals surface area (Å²) in [5.41, 5.74) is 0.553. The van der Waals surface area contributed by atoms with E-state index in [-0.39, 0.29) is 10.6 Å². The molecule has 1 N–H and O–H groups in total. The van der Waals surface area contributed by atoms with Crippen molar-refractivity contribution in [2.75, 3.05) is 0 Å². The predicted molar refractivity (Wildman–Crippen MR) is 78.3 cm³/mol. The highest BCUT2D eigenvalue weighted by molar-refractivity contribution is 7.89. The van der Waals surface area contributed by atoms with Crippen LogP contribution in [0.3, 0.4) is 0 Å². The summed E-state index contributed by atoms with van der Waals surface area (Å²) in [7, 11) is -3.82. The number of nitro benzene ring substituents is 1. The first-order valence-corrected chi connectivity index (χ1v) is 7.70. The SMILES string of the molecule is C[C@@H](NS(=O)(=O)c1cccc([N+](=O)[O-])c1)c1ccccc1. The maximum atomic E-state index is 12.3. The number of hydrogen-bond donors (Lipinski definition) is 1. The minimum absolute atomic E-state index is 0.125. The van der Waals surface area contributed by atoms with E-state index in [1.54, 1.807) is 19.1 Å². The van der Waals surface area contributed by atoms with Gasteiger partial charge >= 0.3 is 0 Å². The Morgan fingerprint density at radius 1 is 1.10 bits per heavy atom. The van der Waals surface area contributed by atoms with Gasteiger partial charge in [-0.25, -0.2) is 13.1 Å². The fourth-order valence-electron chi connectivity index (χ4n) is 1.87. The van der Waals surface area contributed by atoms with E-state index >= 15 is 0 Å². The van der Waals surface area contributed by atoms with Crippen molar-refractivity contribution in [3.05, 3.63) is 70.3 Å². The van der Waals surface area contributed by atoms with Gasteiger partial charge in [-0.2, -0.15) is 0 Å². The monoisotopic (exact) mass is 306 g/mol. The lowest BCUT2D eigenvalue weighted by atomic mass is 10.1. The average Bonchev–Trinajstić information content (AvgIpc) is 2.48. The van der Waals surface area contributed by atoms with Crippen molar-refractivity contribution < 1.29 is 13.3 Å². The smallest absolute Gasteiger partial charge is 0.258 e. The third-order valence-corrected chi connectivity index (χ3v) is 4.51. The van der Waals surface area contributed by atoms with Crippen molar-refractivity contribution in [1.82, 2.24) is 4.72 Å². The molecule has 0 saturated heterocycles. The highest BCUT2D eigenvalue weighted by Gasteiger charge is 2.20. The third-order valence-electron chi connectivity index (χ3n) is 2.97. The number of non-ortho nitro benzene ring substituents is 1. The molecule has 0 saturated carbocycles. The normalized spacial score (nSPS) is 12.8. The topological polar surface area (TPSA) is 89.3 Å². The van der Waals surface area contributed by atoms with Crippen molar-refractivity contribution in [3.63, 3.8) is 0 Å². The second-order valence-corrected chi connectivity index (χ2v) is 6.22. The summed E-state index contributed by atoms with van der Waals surface area (Å²) in [5.74, 6) is 0. The van der Waals surface area contributed by atoms with Gasteiger partial charge in [0, 0.05) is 18.2 Å². The minimum atomic E-state index is -3.82. The Hall–Kier alpha value is -2.25. The zero-order chi connectivity index (χ0) is 15.5. The van der Waals surface area contributed by atoms with Crippen LogP contribution < -0.4 is 4.72 Å². The second kappa shape index (κ2) is 6.02. The van der Waals surface area contributed by atoms with E-state index in [4.69, 9.17) is 0 Å². The average molecular weight is 306 g/mol. The molecule has 2 aromatic carbocycles. The Balaban J connectivity index is 2.26. The standard InChI is InChI=1S/C14H14N2O4S/c1-11(12-6-3-2-4-7-12)15-21(19,20)14-9-5-8-13(10-14)16(17)18/h2-11,15H,1H3/t11-/m1/s1. The number of sulfonamides is 1. The van der Waals surface area contributed by atoms with Gasteiger partial charge in [0.25, 0.3) is 5.69 Å². The van der Waals surface area contributed by atoms with Crippen LogP contribution in [0.4, 0.5) is 5.69 Å². The van der Waals surface area contributed by atoms with E-state index in [0.717, 1.165) is 11.6 Å². The number of nitrogens with zero attached hydrogens (tertiary/aromatic N) is 1. The van der Waals surface area contributed by atoms with Crippen molar-refractivity contribution in [2.24, 2.45) is 0 Å². The number of rotatable bonds is 5. The zero-order valence-corrected chi connectivity index (χ0v) is 12.1. The van der Waals surface area contributed by atoms with E-state index in [1.807, 2.05) is 18.2 Å². The van der Waals surface area contributed by atoms with E-state index in [9.17, 15) is 18.5 Å². The quantitative estimate of drug-likeness (QED) is 0.679. The highest BCUT2D eigenvalue weighted by atomic mass is 32.2. The zero-order valence-electron chi connectivity index (χ0n) is 11.3. The van der Waals surface area contributed by atoms with Crippen LogP contribution in [0.5, 0.6) is 0 Å². The Morgan fingerprint density at radius 2 is 1.76 bits per heavy atom. The maximum absolute atomic E-state index is 12.3. The number of benzene rings is 2. The van der Waals surface area contributed by atoms with Crippen LogP contribution in [0.25, 0.3) is 0 Å². The molecule has 7 heteroatoms. The van der Waals surface area contributed by atoms with Crippen LogP contribution in [0, 0.1) is 10.1 Å². The molecule has 1 atom stereocenters. The van der Waals surface area contributed by atoms with Gasteiger partial charge in [-0.3, -0.25) is 10.1 Å². The van der Waals surface area contributed by atoms with Crippen molar-refractivity contribution in [3.8, 4) is 0 Å². The molecule has 0 fully saturated rings. The molecule has 2 aromatic rings. The van der Waals surface area contributed by atoms with Gasteiger partial charge in [0.05, 0.1) is 9.82 Å². The molecule has 0 heterocycles. The lowest BCUT2D eigenvalue weighted by Gasteiger charge is -2.14. The van der Waals surface area contributed by atoms with Gasteiger partial charge in [-0.05, 0) is 18.6 Å². The van der Waals surface area contributed by atoms with Crippen LogP contribution >= 0.6 is 0 Å². The van der Waals surface area contributed by atoms with E-state index in [1.165, 1.54) is 18.2 Å². The number of hydrogen-bond acceptors (Lipinski definition) is 4. The lowest BCUT2D eigenvalue weighted by molar-refractivity contribution is -0.385. The summed E-state index contributed by atoms with van der Waals surface area (Å²) in [6, 6.07) is 13.6. The maximum Gasteiger partial charge on any atom is 0.270 e. The summed E-state index contributed by atoms with van der Waals surface area (Å²) in [6.07, 6.45) is 0. The van der Waals surface area contributed by atoms with E-state index in [2.05, 4.69) is 4.72 Å². The Kier molecular flexibility index (Phi) is 4.35. The van der Waals surface area contributed by atoms with Gasteiger partial charge < -0.3 is 0 Å². The second-order valence-electron chi connectivity index (χ2n) is 4.51. The summed E-state index contributed by atoms with van der Waals surface area (Å²) < 4.78 is 27.0. The van der Waals surface area contributed by atoms with Gasteiger partial charge in [0.2, 0.25) is 10.0 Å². The Morgan fingerprint density at radius 3 is 2.38 bits per heavy atom. The Bertz CT molecular complexity index is 745. The predicted octanol–water partition coefficient (Wildman–Crippen LogP) is 2.63. The van der Waals surface area contributed by atoms with Crippen molar-refractivity contribution >= 4 is 15.7 Å². The molecule has 0 aliphatic carbocycles. The molecule has 0 amide bonds. The number of nitrogens with one attached hydrogen (secondary N) is 1. The molecule has 6 nitrogen and oxygen atoms in total. The van der Waals surface area contributed by atoms with Crippen LogP contribution in [-0.4, -0.2) is 13.3 Å². The van der Waals surface area contributed by atoms with Gasteiger partial charge in [0.15, 0.2) is 0 Å². The largest absolute Gasteiger partial charge is 0.270 e. The van der Waals surface area contributed by atoms with Gasteiger partial charge in [-0.15, -0.1) is 0 Å². The summed E-state index contributed by atoms with van der Waals surface area (Å²) in [4.78, 5) is 9.96. The lowest BCUT2D eigenvalue weighted by Crippen LogP contribution is -2.26. The third kappa shape index (κ3) is 3.65. The van der Waals surface area contributed by atoms with Gasteiger partial charge in [-0.1, -0.05) is 36.4 Å². The Labute approximate surface area is 122 Å². The molecule has 0 bridgehead atoms. The van der Waals surface area contributed by atoms with Crippen LogP contribution in [-0.2, 0) is 10.0 Å². The van der Waals surface area contributed by atoms with Crippen LogP contribution in [0.1, 0.15) is 18.5 Å². The van der Waals surface area contributed by atoms with Crippen molar-refractivity contribution in [2.45, 2.75) is 17.9 Å². The molecule has 0 aromatic heterocycles. The molecule has 2 rings (SSSR count). The number of nitro groups is 1. The first kappa shape index (κ1) is 15.1. The van der Waals surface area contributed by atoms with Gasteiger partial charge in [0.1, 0.15) is 0 Å². The highest BCUT2D eigenvalue weighted by Crippen LogP contribution is 2.20. The first-order valence-electron chi connectivity index (χ1n) is 6.22. The van der Waals surface area contributed by atoms with E-state index in [0.29, 0.717) is 0 Å². The first-order chi connectivity index (χ1) is 9.90. The van der Waals surface area contributed by atoms with E-state index < -0.39 is 21.0 Å². The summed E-state index contributed by atoms with van der Waals surface area (Å²) in [5, 5.41) is 10.7. The molecular formula is C14H14N2O4S. The molecule has 0 aliphatic rings. The summed E-state index contributed by atoms with van der Waals surface area (Å²) in [6.45, 7) is 1.71. The minimum Gasteiger partial charge on any atom is -0.258 e. The molecular weight excluding hydrogens is 292 g/mol. The molecule has 0 spiro atoms. The molecule has 0 radical (unpaired) electrons. The molecule has 21 heavy (non-hydrogen) atoms. The van der Waals surface area contributed by atoms with Crippen LogP contribution in [0.15, 0.2) is 59.5 Å². The molecule has 110 valence electrons. The fourth-order valence-corrected chi connectivity index (χ4v) is 3.15. The molecule has 0 unspecified atom stereocenters.